The van der Waals surface area contributed by atoms with Gasteiger partial charge in [-0.1, -0.05) is 19.1 Å². The number of halogens is 1. The second-order valence-corrected chi connectivity index (χ2v) is 7.62. The normalized spacial score (nSPS) is 48.2. The molecule has 1 saturated carbocycles. The minimum Gasteiger partial charge on any atom is -0.389 e. The molecular formula is C18H30FNO. The maximum atomic E-state index is 13.2. The van der Waals surface area contributed by atoms with Gasteiger partial charge in [0.05, 0.1) is 6.10 Å². The van der Waals surface area contributed by atoms with Gasteiger partial charge in [0.15, 0.2) is 0 Å². The Balaban J connectivity index is 1.48. The van der Waals surface area contributed by atoms with Crippen LogP contribution in [0.1, 0.15) is 51.9 Å². The lowest BCUT2D eigenvalue weighted by molar-refractivity contribution is 0.110. The molecule has 3 rings (SSSR count). The molecule has 21 heavy (non-hydrogen) atoms. The van der Waals surface area contributed by atoms with Gasteiger partial charge in [-0.2, -0.15) is 0 Å². The van der Waals surface area contributed by atoms with Crippen molar-refractivity contribution in [2.24, 2.45) is 23.7 Å². The van der Waals surface area contributed by atoms with Crippen LogP contribution in [0.2, 0.25) is 0 Å². The van der Waals surface area contributed by atoms with Crippen LogP contribution in [-0.2, 0) is 0 Å². The Morgan fingerprint density at radius 1 is 1.00 bits per heavy atom. The smallest absolute Gasteiger partial charge is 0.100 e. The first kappa shape index (κ1) is 15.5. The minimum absolute atomic E-state index is 0.249. The van der Waals surface area contributed by atoms with E-state index in [2.05, 4.69) is 18.3 Å². The van der Waals surface area contributed by atoms with Crippen molar-refractivity contribution >= 4 is 0 Å². The van der Waals surface area contributed by atoms with E-state index in [0.717, 1.165) is 38.6 Å². The summed E-state index contributed by atoms with van der Waals surface area (Å²) in [6.07, 6.45) is 10.8. The van der Waals surface area contributed by atoms with Crippen LogP contribution in [0.5, 0.6) is 0 Å². The van der Waals surface area contributed by atoms with E-state index < -0.39 is 6.17 Å². The molecule has 1 heterocycles. The van der Waals surface area contributed by atoms with Crippen LogP contribution in [-0.4, -0.2) is 30.0 Å². The maximum absolute atomic E-state index is 13.2. The van der Waals surface area contributed by atoms with Gasteiger partial charge in [-0.3, -0.25) is 0 Å². The first-order valence-corrected chi connectivity index (χ1v) is 8.87. The topological polar surface area (TPSA) is 32.3 Å². The summed E-state index contributed by atoms with van der Waals surface area (Å²) >= 11 is 0. The van der Waals surface area contributed by atoms with Gasteiger partial charge < -0.3 is 10.4 Å². The fraction of sp³-hybridized carbons (Fsp3) is 0.889. The Labute approximate surface area is 128 Å². The van der Waals surface area contributed by atoms with Gasteiger partial charge in [0.2, 0.25) is 0 Å². The predicted molar refractivity (Wildman–Crippen MR) is 83.8 cm³/mol. The standard InChI is InChI=1S/C18H30FNO/c1-12-10-14(5-9-18(12)21)15-4-8-17(20-11-15)13-2-6-16(19)7-3-13/h5,9,12-18,20-21H,2-4,6-8,10-11H2,1H3/t12?,13?,14?,15-,16?,17?,18?/m1/s1. The molecule has 2 aliphatic carbocycles. The van der Waals surface area contributed by atoms with Crippen molar-refractivity contribution in [1.82, 2.24) is 5.32 Å². The second-order valence-electron chi connectivity index (χ2n) is 7.62. The molecule has 2 N–H and O–H groups in total. The number of aliphatic hydroxyl groups excluding tert-OH is 1. The van der Waals surface area contributed by atoms with Gasteiger partial charge in [-0.25, -0.2) is 4.39 Å². The summed E-state index contributed by atoms with van der Waals surface area (Å²) in [4.78, 5) is 0. The van der Waals surface area contributed by atoms with Crippen molar-refractivity contribution in [3.05, 3.63) is 12.2 Å². The van der Waals surface area contributed by atoms with E-state index >= 15 is 0 Å². The zero-order chi connectivity index (χ0) is 14.8. The van der Waals surface area contributed by atoms with E-state index in [1.54, 1.807) is 0 Å². The molecule has 0 bridgehead atoms. The van der Waals surface area contributed by atoms with Crippen LogP contribution in [0.15, 0.2) is 12.2 Å². The summed E-state index contributed by atoms with van der Waals surface area (Å²) < 4.78 is 13.2. The van der Waals surface area contributed by atoms with E-state index in [1.165, 1.54) is 12.8 Å². The van der Waals surface area contributed by atoms with Crippen molar-refractivity contribution in [3.63, 3.8) is 0 Å². The minimum atomic E-state index is -0.544. The van der Waals surface area contributed by atoms with Gasteiger partial charge in [-0.15, -0.1) is 0 Å². The molecule has 120 valence electrons. The number of hydrogen-bond acceptors (Lipinski definition) is 2. The number of nitrogens with one attached hydrogen (secondary N) is 1. The molecule has 0 radical (unpaired) electrons. The molecule has 2 nitrogen and oxygen atoms in total. The van der Waals surface area contributed by atoms with Gasteiger partial charge in [0.25, 0.3) is 0 Å². The van der Waals surface area contributed by atoms with Crippen molar-refractivity contribution in [3.8, 4) is 0 Å². The van der Waals surface area contributed by atoms with E-state index in [0.29, 0.717) is 29.7 Å². The van der Waals surface area contributed by atoms with Crippen LogP contribution < -0.4 is 5.32 Å². The zero-order valence-electron chi connectivity index (χ0n) is 13.2. The number of alkyl halides is 1. The largest absolute Gasteiger partial charge is 0.389 e. The Hall–Kier alpha value is -0.410. The quantitative estimate of drug-likeness (QED) is 0.765. The van der Waals surface area contributed by atoms with Crippen molar-refractivity contribution in [2.45, 2.75) is 70.2 Å². The summed E-state index contributed by atoms with van der Waals surface area (Å²) in [5.74, 6) is 2.42. The Bertz CT molecular complexity index is 356. The highest BCUT2D eigenvalue weighted by Crippen LogP contribution is 2.36. The molecule has 0 spiro atoms. The first-order valence-electron chi connectivity index (χ1n) is 8.87. The van der Waals surface area contributed by atoms with Crippen molar-refractivity contribution in [2.75, 3.05) is 6.54 Å². The Morgan fingerprint density at radius 3 is 2.33 bits per heavy atom. The molecule has 1 aliphatic heterocycles. The molecule has 3 aliphatic rings. The van der Waals surface area contributed by atoms with Crippen molar-refractivity contribution in [1.29, 1.82) is 0 Å². The van der Waals surface area contributed by atoms with Gasteiger partial charge in [0, 0.05) is 6.04 Å². The van der Waals surface area contributed by atoms with E-state index in [1.807, 2.05) is 6.08 Å². The number of aliphatic hydroxyl groups is 1. The molecule has 0 aromatic carbocycles. The average Bonchev–Trinajstić information content (AvgIpc) is 2.51. The number of piperidine rings is 1. The van der Waals surface area contributed by atoms with Crippen LogP contribution in [0.4, 0.5) is 4.39 Å². The summed E-state index contributed by atoms with van der Waals surface area (Å²) in [5.41, 5.74) is 0. The lowest BCUT2D eigenvalue weighted by atomic mass is 9.73. The molecule has 1 saturated heterocycles. The monoisotopic (exact) mass is 295 g/mol. The lowest BCUT2D eigenvalue weighted by Crippen LogP contribution is -2.46. The third-order valence-electron chi connectivity index (χ3n) is 6.15. The molecule has 3 heteroatoms. The third kappa shape index (κ3) is 3.68. The number of allylic oxidation sites excluding steroid dienone is 1. The summed E-state index contributed by atoms with van der Waals surface area (Å²) in [5, 5.41) is 13.6. The van der Waals surface area contributed by atoms with Crippen LogP contribution in [0.25, 0.3) is 0 Å². The fourth-order valence-corrected chi connectivity index (χ4v) is 4.59. The summed E-state index contributed by atoms with van der Waals surface area (Å²) in [6, 6.07) is 0.615. The SMILES string of the molecule is CC1CC([C@@H]2CCC(C3CCC(F)CC3)NC2)C=CC1O. The molecular weight excluding hydrogens is 265 g/mol. The Morgan fingerprint density at radius 2 is 1.71 bits per heavy atom. The highest BCUT2D eigenvalue weighted by atomic mass is 19.1. The molecule has 0 aromatic rings. The molecule has 2 fully saturated rings. The molecule has 5 atom stereocenters. The van der Waals surface area contributed by atoms with Gasteiger partial charge in [0.1, 0.15) is 6.17 Å². The Kier molecular flexibility index (Phi) is 5.00. The maximum Gasteiger partial charge on any atom is 0.100 e. The predicted octanol–water partition coefficient (Wildman–Crippen LogP) is 3.46. The molecule has 4 unspecified atom stereocenters. The van der Waals surface area contributed by atoms with E-state index in [4.69, 9.17) is 0 Å². The van der Waals surface area contributed by atoms with Gasteiger partial charge >= 0.3 is 0 Å². The summed E-state index contributed by atoms with van der Waals surface area (Å²) in [6.45, 7) is 3.24. The zero-order valence-corrected chi connectivity index (χ0v) is 13.2. The lowest BCUT2D eigenvalue weighted by Gasteiger charge is -2.40. The first-order chi connectivity index (χ1) is 10.1. The van der Waals surface area contributed by atoms with Crippen LogP contribution in [0.3, 0.4) is 0 Å². The molecule has 0 aromatic heterocycles. The summed E-state index contributed by atoms with van der Waals surface area (Å²) in [7, 11) is 0. The molecule has 0 amide bonds. The highest BCUT2D eigenvalue weighted by Gasteiger charge is 2.34. The van der Waals surface area contributed by atoms with Crippen molar-refractivity contribution < 1.29 is 9.50 Å². The number of rotatable bonds is 2. The van der Waals surface area contributed by atoms with Gasteiger partial charge in [-0.05, 0) is 75.2 Å². The van der Waals surface area contributed by atoms with E-state index in [9.17, 15) is 9.50 Å². The highest BCUT2D eigenvalue weighted by molar-refractivity contribution is 5.04. The van der Waals surface area contributed by atoms with Crippen LogP contribution >= 0.6 is 0 Å². The van der Waals surface area contributed by atoms with Crippen LogP contribution in [0, 0.1) is 23.7 Å². The number of hydrogen-bond donors (Lipinski definition) is 2. The average molecular weight is 295 g/mol. The fourth-order valence-electron chi connectivity index (χ4n) is 4.59. The third-order valence-corrected chi connectivity index (χ3v) is 6.15. The van der Waals surface area contributed by atoms with E-state index in [-0.39, 0.29) is 6.10 Å². The second kappa shape index (κ2) is 6.78.